The van der Waals surface area contributed by atoms with E-state index in [1.807, 2.05) is 12.2 Å². The lowest BCUT2D eigenvalue weighted by Gasteiger charge is -2.56. The molecule has 162 valence electrons. The van der Waals surface area contributed by atoms with E-state index in [0.29, 0.717) is 32.1 Å². The number of hydrogen-bond donors (Lipinski definition) is 3. The van der Waals surface area contributed by atoms with E-state index in [-0.39, 0.29) is 34.4 Å². The average molecular weight is 455 g/mol. The lowest BCUT2D eigenvalue weighted by atomic mass is 9.60. The second kappa shape index (κ2) is 8.40. The fourth-order valence-electron chi connectivity index (χ4n) is 4.58. The fourth-order valence-corrected chi connectivity index (χ4v) is 5.56. The van der Waals surface area contributed by atoms with Crippen molar-refractivity contribution >= 4 is 35.2 Å². The van der Waals surface area contributed by atoms with Gasteiger partial charge in [0, 0.05) is 17.4 Å². The van der Waals surface area contributed by atoms with E-state index in [0.717, 1.165) is 11.8 Å². The van der Waals surface area contributed by atoms with E-state index in [4.69, 9.17) is 16.3 Å². The lowest BCUT2D eigenvalue weighted by molar-refractivity contribution is -0.135. The molecule has 1 heterocycles. The van der Waals surface area contributed by atoms with Gasteiger partial charge in [-0.25, -0.2) is 4.39 Å². The van der Waals surface area contributed by atoms with Crippen LogP contribution in [0.4, 0.5) is 4.39 Å². The number of carbonyl (C=O) groups excluding carboxylic acids is 2. The molecule has 4 aliphatic rings. The van der Waals surface area contributed by atoms with Crippen molar-refractivity contribution in [3.05, 3.63) is 41.2 Å². The molecule has 0 saturated heterocycles. The summed E-state index contributed by atoms with van der Waals surface area (Å²) in [7, 11) is 0. The third kappa shape index (κ3) is 4.31. The molecule has 0 aromatic heterocycles. The molecule has 2 atom stereocenters. The van der Waals surface area contributed by atoms with Gasteiger partial charge in [-0.3, -0.25) is 9.59 Å². The van der Waals surface area contributed by atoms with Crippen LogP contribution in [-0.2, 0) is 9.59 Å². The van der Waals surface area contributed by atoms with Crippen molar-refractivity contribution in [3.8, 4) is 5.75 Å². The van der Waals surface area contributed by atoms with Crippen molar-refractivity contribution in [2.75, 3.05) is 12.4 Å². The predicted molar refractivity (Wildman–Crippen MR) is 113 cm³/mol. The largest absolute Gasteiger partial charge is 0.484 e. The summed E-state index contributed by atoms with van der Waals surface area (Å²) in [4.78, 5) is 25.0. The summed E-state index contributed by atoms with van der Waals surface area (Å²) in [5.41, 5.74) is -1.14. The van der Waals surface area contributed by atoms with Gasteiger partial charge in [0.2, 0.25) is 5.91 Å². The van der Waals surface area contributed by atoms with Crippen LogP contribution >= 0.6 is 23.4 Å². The van der Waals surface area contributed by atoms with Crippen LogP contribution in [0.1, 0.15) is 32.1 Å². The number of nitrogens with one attached hydrogen (secondary N) is 2. The van der Waals surface area contributed by atoms with Gasteiger partial charge < -0.3 is 20.5 Å². The Bertz CT molecular complexity index is 873. The van der Waals surface area contributed by atoms with E-state index in [1.165, 1.54) is 12.1 Å². The van der Waals surface area contributed by atoms with Gasteiger partial charge in [0.05, 0.1) is 16.7 Å². The van der Waals surface area contributed by atoms with Crippen molar-refractivity contribution in [2.45, 2.75) is 54.5 Å². The Morgan fingerprint density at radius 2 is 2.03 bits per heavy atom. The number of hydrogen-bond acceptors (Lipinski definition) is 5. The quantitative estimate of drug-likeness (QED) is 0.575. The van der Waals surface area contributed by atoms with E-state index in [9.17, 15) is 19.1 Å². The topological polar surface area (TPSA) is 87.7 Å². The van der Waals surface area contributed by atoms with Crippen molar-refractivity contribution in [2.24, 2.45) is 0 Å². The average Bonchev–Trinajstić information content (AvgIpc) is 3.25. The number of rotatable bonds is 6. The Kier molecular flexibility index (Phi) is 6.01. The molecule has 1 aliphatic heterocycles. The van der Waals surface area contributed by atoms with Crippen molar-refractivity contribution < 1.29 is 23.8 Å². The second-order valence-electron chi connectivity index (χ2n) is 8.24. The van der Waals surface area contributed by atoms with Gasteiger partial charge in [-0.05, 0) is 44.2 Å². The zero-order chi connectivity index (χ0) is 21.4. The number of fused-ring (bicyclic) bond motifs is 3. The molecule has 0 radical (unpaired) electrons. The normalized spacial score (nSPS) is 32.1. The summed E-state index contributed by atoms with van der Waals surface area (Å²) in [6, 6.07) is 3.98. The molecule has 3 N–H and O–H groups in total. The third-order valence-electron chi connectivity index (χ3n) is 6.30. The monoisotopic (exact) mass is 454 g/mol. The van der Waals surface area contributed by atoms with Crippen LogP contribution in [0.15, 0.2) is 30.4 Å². The molecule has 0 spiro atoms. The van der Waals surface area contributed by atoms with Crippen molar-refractivity contribution in [3.63, 3.8) is 0 Å². The summed E-state index contributed by atoms with van der Waals surface area (Å²) in [5, 5.41) is 16.7. The van der Waals surface area contributed by atoms with Gasteiger partial charge in [0.15, 0.2) is 6.61 Å². The highest BCUT2D eigenvalue weighted by molar-refractivity contribution is 8.01. The number of carbonyl (C=O) groups is 2. The number of benzene rings is 1. The highest BCUT2D eigenvalue weighted by atomic mass is 35.5. The Hall–Kier alpha value is -1.77. The van der Waals surface area contributed by atoms with Crippen LogP contribution in [-0.4, -0.2) is 51.7 Å². The summed E-state index contributed by atoms with van der Waals surface area (Å²) in [6.07, 6.45) is 6.08. The Morgan fingerprint density at radius 3 is 2.67 bits per heavy atom. The molecule has 3 saturated carbocycles. The summed E-state index contributed by atoms with van der Waals surface area (Å²) < 4.78 is 18.8. The van der Waals surface area contributed by atoms with Crippen LogP contribution in [0, 0.1) is 5.82 Å². The van der Waals surface area contributed by atoms with Crippen LogP contribution < -0.4 is 15.4 Å². The maximum Gasteiger partial charge on any atom is 0.258 e. The summed E-state index contributed by atoms with van der Waals surface area (Å²) in [5.74, 6) is 0.0393. The zero-order valence-electron chi connectivity index (χ0n) is 16.3. The van der Waals surface area contributed by atoms with Crippen molar-refractivity contribution in [1.82, 2.24) is 10.6 Å². The Labute approximate surface area is 183 Å². The van der Waals surface area contributed by atoms with Crippen LogP contribution in [0.25, 0.3) is 0 Å². The first-order valence-electron chi connectivity index (χ1n) is 9.98. The molecular weight excluding hydrogens is 431 g/mol. The van der Waals surface area contributed by atoms with Gasteiger partial charge in [-0.2, -0.15) is 0 Å². The minimum absolute atomic E-state index is 0.0111. The highest BCUT2D eigenvalue weighted by Gasteiger charge is 2.55. The number of aliphatic hydroxyl groups excluding tert-OH is 1. The standard InChI is InChI=1S/C21H24ClFN2O4S/c22-14-4-3-13(10-15(14)23)29-12-18(27)24-21-7-5-20(6-8-21,11-17(21)26)25-19(28)16-2-1-9-30-16/h1-4,10,16-17,26H,5-9,11-12H2,(H,24,27)(H,25,28). The van der Waals surface area contributed by atoms with Crippen LogP contribution in [0.5, 0.6) is 5.75 Å². The fraction of sp³-hybridized carbons (Fsp3) is 0.524. The van der Waals surface area contributed by atoms with Gasteiger partial charge in [0.1, 0.15) is 16.8 Å². The van der Waals surface area contributed by atoms with Gasteiger partial charge in [0.25, 0.3) is 5.91 Å². The maximum atomic E-state index is 13.5. The Morgan fingerprint density at radius 1 is 1.27 bits per heavy atom. The van der Waals surface area contributed by atoms with Gasteiger partial charge in [-0.15, -0.1) is 11.8 Å². The number of amides is 2. The predicted octanol–water partition coefficient (Wildman–Crippen LogP) is 2.58. The SMILES string of the molecule is O=C(COc1ccc(Cl)c(F)c1)NC12CCC(NC(=O)C3C=CCS3)(CC1)CC2O. The van der Waals surface area contributed by atoms with Crippen LogP contribution in [0.3, 0.4) is 0 Å². The maximum absolute atomic E-state index is 13.5. The van der Waals surface area contributed by atoms with Gasteiger partial charge >= 0.3 is 0 Å². The molecule has 2 bridgehead atoms. The van der Waals surface area contributed by atoms with E-state index >= 15 is 0 Å². The van der Waals surface area contributed by atoms with Crippen LogP contribution in [0.2, 0.25) is 5.02 Å². The summed E-state index contributed by atoms with van der Waals surface area (Å²) >= 11 is 7.23. The van der Waals surface area contributed by atoms with E-state index < -0.39 is 23.0 Å². The first-order valence-corrected chi connectivity index (χ1v) is 11.4. The zero-order valence-corrected chi connectivity index (χ0v) is 17.9. The minimum atomic E-state index is -0.760. The molecular formula is C21H24ClFN2O4S. The molecule has 30 heavy (non-hydrogen) atoms. The first-order chi connectivity index (χ1) is 14.3. The molecule has 1 aromatic rings. The smallest absolute Gasteiger partial charge is 0.258 e. The van der Waals surface area contributed by atoms with E-state index in [1.54, 1.807) is 11.8 Å². The molecule has 3 fully saturated rings. The number of thioether (sulfide) groups is 1. The minimum Gasteiger partial charge on any atom is -0.484 e. The highest BCUT2D eigenvalue weighted by Crippen LogP contribution is 2.47. The number of halogens is 2. The Balaban J connectivity index is 1.32. The molecule has 6 nitrogen and oxygen atoms in total. The molecule has 2 unspecified atom stereocenters. The second-order valence-corrected chi connectivity index (χ2v) is 9.82. The van der Waals surface area contributed by atoms with Gasteiger partial charge in [-0.1, -0.05) is 23.8 Å². The molecule has 2 amide bonds. The molecule has 9 heteroatoms. The number of aliphatic hydroxyl groups is 1. The summed E-state index contributed by atoms with van der Waals surface area (Å²) in [6.45, 7) is -0.289. The molecule has 1 aromatic carbocycles. The molecule has 5 rings (SSSR count). The molecule has 3 aliphatic carbocycles. The first kappa shape index (κ1) is 21.5. The lowest BCUT2D eigenvalue weighted by Crippen LogP contribution is -2.70. The third-order valence-corrected chi connectivity index (χ3v) is 7.72. The number of ether oxygens (including phenoxy) is 1. The van der Waals surface area contributed by atoms with E-state index in [2.05, 4.69) is 10.6 Å². The van der Waals surface area contributed by atoms with Crippen molar-refractivity contribution in [1.29, 1.82) is 0 Å².